The van der Waals surface area contributed by atoms with Gasteiger partial charge in [0, 0.05) is 30.9 Å². The highest BCUT2D eigenvalue weighted by atomic mass is 32.1. The highest BCUT2D eigenvalue weighted by Gasteiger charge is 2.36. The molecule has 7 heteroatoms. The number of carboxylic acid groups (broad SMARTS) is 1. The van der Waals surface area contributed by atoms with Crippen LogP contribution in [-0.4, -0.2) is 35.1 Å². The van der Waals surface area contributed by atoms with Crippen molar-refractivity contribution in [3.8, 4) is 0 Å². The van der Waals surface area contributed by atoms with Crippen LogP contribution in [0.5, 0.6) is 0 Å². The van der Waals surface area contributed by atoms with E-state index in [-0.39, 0.29) is 23.5 Å². The lowest BCUT2D eigenvalue weighted by molar-refractivity contribution is -0.667. The number of aromatic nitrogens is 1. The maximum absolute atomic E-state index is 13.3. The topological polar surface area (TPSA) is 81.7 Å². The minimum Gasteiger partial charge on any atom is -0.506 e. The summed E-state index contributed by atoms with van der Waals surface area (Å²) < 4.78 is 2.92. The Morgan fingerprint density at radius 3 is 2.02 bits per heavy atom. The summed E-state index contributed by atoms with van der Waals surface area (Å²) in [6, 6.07) is 15.9. The summed E-state index contributed by atoms with van der Waals surface area (Å²) in [4.78, 5) is 27.1. The van der Waals surface area contributed by atoms with E-state index in [0.29, 0.717) is 12.1 Å². The van der Waals surface area contributed by atoms with Crippen molar-refractivity contribution in [1.29, 1.82) is 0 Å². The van der Waals surface area contributed by atoms with Crippen molar-refractivity contribution in [2.75, 3.05) is 18.0 Å². The maximum Gasteiger partial charge on any atom is 0.309 e. The van der Waals surface area contributed by atoms with Gasteiger partial charge in [-0.3, -0.25) is 9.59 Å². The standard InChI is InChI=1S/C37H48N2O4S/c1-3-5-7-9-11-15-24-38(25-16-12-10-8-6-4-2)29-21-19-28(20-22-29)35-36(42)30(37(35)43)27-33-39(26-23-34(40)41)31-17-13-14-18-32(31)44-33/h13-14,17-22,27H,3-12,15-16,23-26H2,1-2H3,(H-,40,41,42,43)/p+1. The molecule has 0 spiro atoms. The van der Waals surface area contributed by atoms with Gasteiger partial charge in [-0.05, 0) is 36.6 Å². The summed E-state index contributed by atoms with van der Waals surface area (Å²) in [6.45, 7) is 6.87. The Bertz CT molecular complexity index is 1440. The molecule has 0 fully saturated rings. The lowest BCUT2D eigenvalue weighted by atomic mass is 9.83. The molecule has 1 heterocycles. The van der Waals surface area contributed by atoms with Gasteiger partial charge in [0.1, 0.15) is 16.9 Å². The molecule has 2 aromatic carbocycles. The molecule has 3 aromatic rings. The van der Waals surface area contributed by atoms with Crippen LogP contribution in [0.25, 0.3) is 21.9 Å². The van der Waals surface area contributed by atoms with Crippen molar-refractivity contribution in [1.82, 2.24) is 0 Å². The zero-order valence-corrected chi connectivity index (χ0v) is 27.3. The average molecular weight is 618 g/mol. The van der Waals surface area contributed by atoms with E-state index in [1.807, 2.05) is 41.0 Å². The normalized spacial score (nSPS) is 14.0. The molecule has 0 radical (unpaired) electrons. The van der Waals surface area contributed by atoms with Gasteiger partial charge >= 0.3 is 5.97 Å². The molecule has 0 unspecified atom stereocenters. The number of carbonyl (C=O) groups excluding carboxylic acids is 1. The molecule has 236 valence electrons. The number of hydrogen-bond acceptors (Lipinski definition) is 5. The Hall–Kier alpha value is -3.45. The van der Waals surface area contributed by atoms with Crippen molar-refractivity contribution >= 4 is 50.6 Å². The fourth-order valence-corrected chi connectivity index (χ4v) is 7.05. The van der Waals surface area contributed by atoms with E-state index in [1.54, 1.807) is 6.08 Å². The number of carbonyl (C=O) groups is 2. The molecule has 1 aliphatic carbocycles. The van der Waals surface area contributed by atoms with E-state index in [2.05, 4.69) is 30.9 Å². The molecule has 0 bridgehead atoms. The number of allylic oxidation sites excluding steroid dienone is 2. The number of para-hydroxylation sites is 1. The smallest absolute Gasteiger partial charge is 0.309 e. The molecular weight excluding hydrogens is 568 g/mol. The second-order valence-corrected chi connectivity index (χ2v) is 12.9. The van der Waals surface area contributed by atoms with Crippen LogP contribution < -0.4 is 9.47 Å². The number of unbranched alkanes of at least 4 members (excludes halogenated alkanes) is 10. The van der Waals surface area contributed by atoms with E-state index in [9.17, 15) is 19.8 Å². The number of aliphatic hydroxyl groups is 1. The number of aryl methyl sites for hydroxylation is 1. The first-order chi connectivity index (χ1) is 21.4. The van der Waals surface area contributed by atoms with Crippen molar-refractivity contribution < 1.29 is 24.4 Å². The average Bonchev–Trinajstić information content (AvgIpc) is 3.38. The van der Waals surface area contributed by atoms with Crippen LogP contribution in [0.1, 0.15) is 108 Å². The SMILES string of the molecule is CCCCCCCCN(CCCCCCCC)c1ccc(C2=C(O)C(=Cc3sc4ccccc4[n+]3CCC(=O)O)C2=O)cc1. The number of rotatable bonds is 20. The van der Waals surface area contributed by atoms with Crippen molar-refractivity contribution in [3.05, 3.63) is 70.4 Å². The van der Waals surface area contributed by atoms with Crippen LogP contribution in [0.2, 0.25) is 0 Å². The van der Waals surface area contributed by atoms with Crippen LogP contribution in [-0.2, 0) is 16.1 Å². The Labute approximate surface area is 266 Å². The molecule has 2 N–H and O–H groups in total. The van der Waals surface area contributed by atoms with Gasteiger partial charge in [-0.2, -0.15) is 4.57 Å². The van der Waals surface area contributed by atoms with Crippen LogP contribution in [0, 0.1) is 0 Å². The van der Waals surface area contributed by atoms with Gasteiger partial charge in [-0.15, -0.1) is 0 Å². The summed E-state index contributed by atoms with van der Waals surface area (Å²) in [5.41, 5.74) is 3.43. The van der Waals surface area contributed by atoms with Gasteiger partial charge in [-0.25, -0.2) is 0 Å². The Morgan fingerprint density at radius 1 is 0.841 bits per heavy atom. The van der Waals surface area contributed by atoms with Crippen molar-refractivity contribution in [3.63, 3.8) is 0 Å². The predicted octanol–water partition coefficient (Wildman–Crippen LogP) is 9.13. The summed E-state index contributed by atoms with van der Waals surface area (Å²) in [5, 5.41) is 21.0. The Kier molecular flexibility index (Phi) is 13.0. The lowest BCUT2D eigenvalue weighted by Crippen LogP contribution is -2.36. The number of benzene rings is 2. The fourth-order valence-electron chi connectivity index (χ4n) is 5.92. The third-order valence-electron chi connectivity index (χ3n) is 8.50. The molecule has 1 aliphatic rings. The van der Waals surface area contributed by atoms with E-state index in [0.717, 1.165) is 33.9 Å². The number of nitrogens with zero attached hydrogens (tertiary/aromatic N) is 2. The molecular formula is C37H49N2O4S+. The van der Waals surface area contributed by atoms with Crippen LogP contribution in [0.4, 0.5) is 5.69 Å². The zero-order valence-electron chi connectivity index (χ0n) is 26.5. The molecule has 0 aliphatic heterocycles. The van der Waals surface area contributed by atoms with Gasteiger partial charge in [0.15, 0.2) is 6.54 Å². The lowest BCUT2D eigenvalue weighted by Gasteiger charge is -2.26. The Morgan fingerprint density at radius 2 is 1.43 bits per heavy atom. The third-order valence-corrected chi connectivity index (χ3v) is 9.61. The largest absolute Gasteiger partial charge is 0.506 e. The molecule has 0 amide bonds. The molecule has 1 aromatic heterocycles. The molecule has 0 saturated carbocycles. The molecule has 6 nitrogen and oxygen atoms in total. The van der Waals surface area contributed by atoms with Gasteiger partial charge in [0.05, 0.1) is 11.1 Å². The molecule has 4 rings (SSSR count). The number of hydrogen-bond donors (Lipinski definition) is 2. The molecule has 0 atom stereocenters. The van der Waals surface area contributed by atoms with Gasteiger partial charge in [0.2, 0.25) is 11.3 Å². The summed E-state index contributed by atoms with van der Waals surface area (Å²) in [5.74, 6) is -1.06. The van der Waals surface area contributed by atoms with Gasteiger partial charge in [0.25, 0.3) is 5.01 Å². The van der Waals surface area contributed by atoms with Crippen molar-refractivity contribution in [2.24, 2.45) is 0 Å². The van der Waals surface area contributed by atoms with E-state index < -0.39 is 5.97 Å². The minimum absolute atomic E-state index is 0.000931. The summed E-state index contributed by atoms with van der Waals surface area (Å²) >= 11 is 1.48. The highest BCUT2D eigenvalue weighted by molar-refractivity contribution is 7.18. The number of thiazole rings is 1. The van der Waals surface area contributed by atoms with Crippen molar-refractivity contribution in [2.45, 2.75) is 104 Å². The van der Waals surface area contributed by atoms with Crippen LogP contribution in [0.3, 0.4) is 0 Å². The first-order valence-electron chi connectivity index (χ1n) is 16.6. The number of Topliss-reactive ketones (excluding diaryl/α,β-unsaturated/α-hetero) is 1. The second kappa shape index (κ2) is 17.1. The summed E-state index contributed by atoms with van der Waals surface area (Å²) in [6.07, 6.45) is 16.9. The van der Waals surface area contributed by atoms with Gasteiger partial charge in [-0.1, -0.05) is 114 Å². The number of carboxylic acids is 1. The maximum atomic E-state index is 13.3. The molecule has 0 saturated heterocycles. The van der Waals surface area contributed by atoms with E-state index in [4.69, 9.17) is 0 Å². The second-order valence-electron chi connectivity index (χ2n) is 11.9. The first-order valence-corrected chi connectivity index (χ1v) is 17.4. The zero-order chi connectivity index (χ0) is 31.3. The quantitative estimate of drug-likeness (QED) is 0.0751. The highest BCUT2D eigenvalue weighted by Crippen LogP contribution is 2.38. The molecule has 44 heavy (non-hydrogen) atoms. The van der Waals surface area contributed by atoms with E-state index in [1.165, 1.54) is 94.1 Å². The summed E-state index contributed by atoms with van der Waals surface area (Å²) in [7, 11) is 0. The number of fused-ring (bicyclic) bond motifs is 1. The first kappa shape index (κ1) is 33.4. The minimum atomic E-state index is -0.878. The van der Waals surface area contributed by atoms with Crippen LogP contribution in [0.15, 0.2) is 59.9 Å². The van der Waals surface area contributed by atoms with E-state index >= 15 is 0 Å². The number of ketones is 1. The number of anilines is 1. The monoisotopic (exact) mass is 617 g/mol. The fraction of sp³-hybridized carbons (Fsp3) is 0.486. The predicted molar refractivity (Wildman–Crippen MR) is 182 cm³/mol. The van der Waals surface area contributed by atoms with Gasteiger partial charge < -0.3 is 15.1 Å². The number of aliphatic carboxylic acids is 1. The Balaban J connectivity index is 1.47. The number of aliphatic hydroxyl groups excluding tert-OH is 1. The third kappa shape index (κ3) is 8.81. The van der Waals surface area contributed by atoms with Crippen LogP contribution >= 0.6 is 11.3 Å².